The Balaban J connectivity index is 1.53. The summed E-state index contributed by atoms with van der Waals surface area (Å²) in [5.41, 5.74) is 0.991. The van der Waals surface area contributed by atoms with Crippen molar-refractivity contribution in [2.75, 3.05) is 20.2 Å². The maximum atomic E-state index is 12.5. The average molecular weight is 388 g/mol. The first-order valence-corrected chi connectivity index (χ1v) is 10.4. The quantitative estimate of drug-likeness (QED) is 0.823. The van der Waals surface area contributed by atoms with Crippen molar-refractivity contribution in [3.63, 3.8) is 0 Å². The zero-order valence-electron chi connectivity index (χ0n) is 15.3. The lowest BCUT2D eigenvalue weighted by molar-refractivity contribution is -0.131. The van der Waals surface area contributed by atoms with E-state index in [-0.39, 0.29) is 16.8 Å². The van der Waals surface area contributed by atoms with Crippen molar-refractivity contribution in [2.45, 2.75) is 30.2 Å². The molecule has 0 saturated carbocycles. The summed E-state index contributed by atoms with van der Waals surface area (Å²) in [5.74, 6) is 0.692. The van der Waals surface area contributed by atoms with Gasteiger partial charge in [-0.05, 0) is 42.7 Å². The number of benzene rings is 2. The van der Waals surface area contributed by atoms with Crippen LogP contribution in [-0.2, 0) is 21.2 Å². The SMILES string of the molecule is COc1ccc(S(=O)(=O)NC2CCN(C(=O)Cc3ccccc3)CC2)cc1. The van der Waals surface area contributed by atoms with Gasteiger partial charge in [-0.25, -0.2) is 13.1 Å². The number of sulfonamides is 1. The number of piperidine rings is 1. The number of hydrogen-bond acceptors (Lipinski definition) is 4. The molecule has 1 saturated heterocycles. The van der Waals surface area contributed by atoms with Gasteiger partial charge in [0.15, 0.2) is 0 Å². The summed E-state index contributed by atoms with van der Waals surface area (Å²) in [7, 11) is -2.04. The molecule has 0 aromatic heterocycles. The lowest BCUT2D eigenvalue weighted by Crippen LogP contribution is -2.46. The Bertz CT molecular complexity index is 859. The van der Waals surface area contributed by atoms with Gasteiger partial charge in [0.1, 0.15) is 5.75 Å². The highest BCUT2D eigenvalue weighted by Gasteiger charge is 2.26. The minimum Gasteiger partial charge on any atom is -0.497 e. The predicted octanol–water partition coefficient (Wildman–Crippen LogP) is 2.21. The smallest absolute Gasteiger partial charge is 0.240 e. The molecule has 1 aliphatic rings. The molecule has 3 rings (SSSR count). The van der Waals surface area contributed by atoms with E-state index in [4.69, 9.17) is 4.74 Å². The molecule has 2 aromatic carbocycles. The van der Waals surface area contributed by atoms with Gasteiger partial charge in [-0.15, -0.1) is 0 Å². The molecule has 1 fully saturated rings. The Morgan fingerprint density at radius 1 is 1.07 bits per heavy atom. The van der Waals surface area contributed by atoms with Gasteiger partial charge < -0.3 is 9.64 Å². The Morgan fingerprint density at radius 3 is 2.30 bits per heavy atom. The van der Waals surface area contributed by atoms with E-state index in [1.807, 2.05) is 35.2 Å². The number of carbonyl (C=O) groups is 1. The van der Waals surface area contributed by atoms with Gasteiger partial charge in [0.05, 0.1) is 18.4 Å². The summed E-state index contributed by atoms with van der Waals surface area (Å²) < 4.78 is 32.9. The Hall–Kier alpha value is -2.38. The van der Waals surface area contributed by atoms with Crippen LogP contribution in [0.5, 0.6) is 5.75 Å². The third-order valence-corrected chi connectivity index (χ3v) is 6.27. The molecule has 144 valence electrons. The molecule has 0 radical (unpaired) electrons. The summed E-state index contributed by atoms with van der Waals surface area (Å²) in [6, 6.07) is 15.8. The van der Waals surface area contributed by atoms with Crippen LogP contribution in [0.2, 0.25) is 0 Å². The van der Waals surface area contributed by atoms with Crippen molar-refractivity contribution < 1.29 is 17.9 Å². The number of carbonyl (C=O) groups excluding carboxylic acids is 1. The number of nitrogens with one attached hydrogen (secondary N) is 1. The van der Waals surface area contributed by atoms with E-state index in [9.17, 15) is 13.2 Å². The van der Waals surface area contributed by atoms with Crippen LogP contribution in [0, 0.1) is 0 Å². The molecule has 6 nitrogen and oxygen atoms in total. The maximum absolute atomic E-state index is 12.5. The second-order valence-corrected chi connectivity index (χ2v) is 8.33. The first-order chi connectivity index (χ1) is 13.0. The second kappa shape index (κ2) is 8.54. The number of nitrogens with zero attached hydrogens (tertiary/aromatic N) is 1. The lowest BCUT2D eigenvalue weighted by atomic mass is 10.0. The van der Waals surface area contributed by atoms with Gasteiger partial charge in [0.25, 0.3) is 0 Å². The molecule has 0 spiro atoms. The van der Waals surface area contributed by atoms with E-state index in [2.05, 4.69) is 4.72 Å². The molecule has 2 aromatic rings. The molecule has 7 heteroatoms. The van der Waals surface area contributed by atoms with E-state index in [0.717, 1.165) is 5.56 Å². The number of likely N-dealkylation sites (tertiary alicyclic amines) is 1. The zero-order valence-corrected chi connectivity index (χ0v) is 16.1. The van der Waals surface area contributed by atoms with Crippen LogP contribution in [0.25, 0.3) is 0 Å². The second-order valence-electron chi connectivity index (χ2n) is 6.61. The third-order valence-electron chi connectivity index (χ3n) is 4.74. The van der Waals surface area contributed by atoms with Crippen LogP contribution in [0.3, 0.4) is 0 Å². The molecular weight excluding hydrogens is 364 g/mol. The molecule has 0 unspecified atom stereocenters. The van der Waals surface area contributed by atoms with Gasteiger partial charge in [-0.2, -0.15) is 0 Å². The van der Waals surface area contributed by atoms with Crippen LogP contribution < -0.4 is 9.46 Å². The van der Waals surface area contributed by atoms with E-state index in [0.29, 0.717) is 38.1 Å². The molecule has 1 heterocycles. The standard InChI is InChI=1S/C20H24N2O4S/c1-26-18-7-9-19(10-8-18)27(24,25)21-17-11-13-22(14-12-17)20(23)15-16-5-3-2-4-6-16/h2-10,17,21H,11-15H2,1H3. The summed E-state index contributed by atoms with van der Waals surface area (Å²) in [5, 5.41) is 0. The normalized spacial score (nSPS) is 15.5. The fourth-order valence-electron chi connectivity index (χ4n) is 3.17. The van der Waals surface area contributed by atoms with Crippen molar-refractivity contribution in [3.8, 4) is 5.75 Å². The Kier molecular flexibility index (Phi) is 6.13. The summed E-state index contributed by atoms with van der Waals surface area (Å²) in [4.78, 5) is 14.4. The molecule has 0 bridgehead atoms. The van der Waals surface area contributed by atoms with E-state index >= 15 is 0 Å². The lowest BCUT2D eigenvalue weighted by Gasteiger charge is -2.32. The minimum absolute atomic E-state index is 0.0812. The van der Waals surface area contributed by atoms with Crippen molar-refractivity contribution >= 4 is 15.9 Å². The molecule has 27 heavy (non-hydrogen) atoms. The first kappa shape index (κ1) is 19.4. The fourth-order valence-corrected chi connectivity index (χ4v) is 4.48. The molecule has 1 aliphatic heterocycles. The molecule has 1 amide bonds. The van der Waals surface area contributed by atoms with E-state index in [1.165, 1.54) is 19.2 Å². The Labute approximate surface area is 160 Å². The number of rotatable bonds is 6. The van der Waals surface area contributed by atoms with Crippen LogP contribution in [0.15, 0.2) is 59.5 Å². The van der Waals surface area contributed by atoms with Gasteiger partial charge in [0, 0.05) is 19.1 Å². The average Bonchev–Trinajstić information content (AvgIpc) is 2.69. The highest BCUT2D eigenvalue weighted by molar-refractivity contribution is 7.89. The van der Waals surface area contributed by atoms with Crippen LogP contribution in [0.1, 0.15) is 18.4 Å². The largest absolute Gasteiger partial charge is 0.497 e. The van der Waals surface area contributed by atoms with Crippen molar-refractivity contribution in [3.05, 3.63) is 60.2 Å². The van der Waals surface area contributed by atoms with Crippen LogP contribution in [0.4, 0.5) is 0 Å². The molecule has 1 N–H and O–H groups in total. The van der Waals surface area contributed by atoms with Gasteiger partial charge >= 0.3 is 0 Å². The Morgan fingerprint density at radius 2 is 1.70 bits per heavy atom. The number of methoxy groups -OCH3 is 1. The number of ether oxygens (including phenoxy) is 1. The van der Waals surface area contributed by atoms with Crippen molar-refractivity contribution in [2.24, 2.45) is 0 Å². The number of hydrogen-bond donors (Lipinski definition) is 1. The van der Waals surface area contributed by atoms with E-state index < -0.39 is 10.0 Å². The number of amides is 1. The highest BCUT2D eigenvalue weighted by Crippen LogP contribution is 2.18. The monoisotopic (exact) mass is 388 g/mol. The summed E-state index contributed by atoms with van der Waals surface area (Å²) in [6.45, 7) is 1.11. The zero-order chi connectivity index (χ0) is 19.3. The van der Waals surface area contributed by atoms with Crippen molar-refractivity contribution in [1.29, 1.82) is 0 Å². The summed E-state index contributed by atoms with van der Waals surface area (Å²) >= 11 is 0. The molecule has 0 atom stereocenters. The van der Waals surface area contributed by atoms with Gasteiger partial charge in [-0.3, -0.25) is 4.79 Å². The highest BCUT2D eigenvalue weighted by atomic mass is 32.2. The van der Waals surface area contributed by atoms with Gasteiger partial charge in [-0.1, -0.05) is 30.3 Å². The topological polar surface area (TPSA) is 75.7 Å². The first-order valence-electron chi connectivity index (χ1n) is 8.96. The summed E-state index contributed by atoms with van der Waals surface area (Å²) in [6.07, 6.45) is 1.59. The third kappa shape index (κ3) is 5.08. The predicted molar refractivity (Wildman–Crippen MR) is 103 cm³/mol. The van der Waals surface area contributed by atoms with Gasteiger partial charge in [0.2, 0.25) is 15.9 Å². The minimum atomic E-state index is -3.58. The molecule has 0 aliphatic carbocycles. The van der Waals surface area contributed by atoms with Crippen LogP contribution >= 0.6 is 0 Å². The van der Waals surface area contributed by atoms with Crippen LogP contribution in [-0.4, -0.2) is 45.5 Å². The fraction of sp³-hybridized carbons (Fsp3) is 0.350. The molecular formula is C20H24N2O4S. The van der Waals surface area contributed by atoms with E-state index in [1.54, 1.807) is 12.1 Å². The maximum Gasteiger partial charge on any atom is 0.240 e. The van der Waals surface area contributed by atoms with Crippen molar-refractivity contribution in [1.82, 2.24) is 9.62 Å².